The van der Waals surface area contributed by atoms with Crippen LogP contribution in [0.1, 0.15) is 64.1 Å². The maximum Gasteiger partial charge on any atom is 0.318 e. The molecule has 1 unspecified atom stereocenters. The van der Waals surface area contributed by atoms with Gasteiger partial charge in [0.25, 0.3) is 11.8 Å². The molecule has 9 rings (SSSR count). The predicted octanol–water partition coefficient (Wildman–Crippen LogP) is 3.80. The van der Waals surface area contributed by atoms with Crippen molar-refractivity contribution in [2.45, 2.75) is 69.3 Å². The molecule has 4 aromatic rings. The Labute approximate surface area is 402 Å². The fourth-order valence-electron chi connectivity index (χ4n) is 10.1. The fourth-order valence-corrected chi connectivity index (χ4v) is 10.1. The molecule has 0 spiro atoms. The monoisotopic (exact) mass is 943 g/mol. The Morgan fingerprint density at radius 3 is 2.45 bits per heavy atom. The Morgan fingerprint density at radius 2 is 1.62 bits per heavy atom. The van der Waals surface area contributed by atoms with E-state index in [0.29, 0.717) is 90.6 Å². The average Bonchev–Trinajstić information content (AvgIpc) is 3.85. The van der Waals surface area contributed by atoms with Gasteiger partial charge in [0.05, 0.1) is 101 Å². The van der Waals surface area contributed by atoms with Crippen molar-refractivity contribution in [2.75, 3.05) is 114 Å². The topological polar surface area (TPSA) is 201 Å². The number of amides is 2. The highest BCUT2D eigenvalue weighted by Crippen LogP contribution is 2.36. The van der Waals surface area contributed by atoms with Crippen molar-refractivity contribution in [3.05, 3.63) is 83.0 Å². The maximum atomic E-state index is 13.3. The number of hydrogen-bond donors (Lipinski definition) is 2. The molecule has 5 aliphatic rings. The van der Waals surface area contributed by atoms with Crippen LogP contribution in [0.2, 0.25) is 0 Å². The molecule has 0 radical (unpaired) electrons. The zero-order chi connectivity index (χ0) is 47.7. The van der Waals surface area contributed by atoms with Crippen LogP contribution in [0.4, 0.5) is 17.2 Å². The van der Waals surface area contributed by atoms with Crippen molar-refractivity contribution in [3.8, 4) is 12.1 Å². The first-order chi connectivity index (χ1) is 33.7. The minimum Gasteiger partial charge on any atom is -0.462 e. The second kappa shape index (κ2) is 22.6. The quantitative estimate of drug-likeness (QED) is 0.0694. The van der Waals surface area contributed by atoms with Gasteiger partial charge >= 0.3 is 6.01 Å². The normalized spacial score (nSPS) is 21.8. The molecule has 364 valence electrons. The summed E-state index contributed by atoms with van der Waals surface area (Å²) in [6, 6.07) is 21.9. The van der Waals surface area contributed by atoms with E-state index in [1.54, 1.807) is 18.2 Å². The predicted molar refractivity (Wildman–Crippen MR) is 257 cm³/mol. The zero-order valence-corrected chi connectivity index (χ0v) is 39.2. The second-order valence-corrected chi connectivity index (χ2v) is 18.2. The van der Waals surface area contributed by atoms with Gasteiger partial charge in [-0.3, -0.25) is 29.0 Å². The Balaban J connectivity index is 0.671. The number of hydrogen-bond acceptors (Lipinski definition) is 17. The summed E-state index contributed by atoms with van der Waals surface area (Å²) in [4.78, 5) is 68.7. The molecule has 2 amide bonds. The van der Waals surface area contributed by atoms with E-state index in [2.05, 4.69) is 80.9 Å². The number of likely N-dealkylation sites (tertiary alicyclic amines) is 1. The van der Waals surface area contributed by atoms with Gasteiger partial charge in [-0.2, -0.15) is 15.2 Å². The van der Waals surface area contributed by atoms with Crippen LogP contribution < -0.4 is 25.2 Å². The molecule has 18 heteroatoms. The second-order valence-electron chi connectivity index (χ2n) is 18.2. The van der Waals surface area contributed by atoms with E-state index in [0.717, 1.165) is 61.0 Å². The van der Waals surface area contributed by atoms with E-state index < -0.39 is 23.6 Å². The number of ether oxygens (including phenoxy) is 5. The lowest BCUT2D eigenvalue weighted by Gasteiger charge is -2.37. The van der Waals surface area contributed by atoms with E-state index >= 15 is 0 Å². The van der Waals surface area contributed by atoms with Crippen LogP contribution in [0.5, 0.6) is 6.01 Å². The third-order valence-electron chi connectivity index (χ3n) is 13.7. The molecule has 2 N–H and O–H groups in total. The summed E-state index contributed by atoms with van der Waals surface area (Å²) in [5, 5.41) is 18.5. The lowest BCUT2D eigenvalue weighted by Crippen LogP contribution is -2.51. The first-order valence-corrected chi connectivity index (χ1v) is 24.2. The summed E-state index contributed by atoms with van der Waals surface area (Å²) in [5.41, 5.74) is 4.31. The van der Waals surface area contributed by atoms with Crippen LogP contribution >= 0.6 is 0 Å². The summed E-state index contributed by atoms with van der Waals surface area (Å²) >= 11 is 0. The number of imide groups is 1. The average molecular weight is 944 g/mol. The van der Waals surface area contributed by atoms with E-state index in [-0.39, 0.29) is 54.4 Å². The largest absolute Gasteiger partial charge is 0.462 e. The van der Waals surface area contributed by atoms with Crippen molar-refractivity contribution in [1.82, 2.24) is 25.1 Å². The first kappa shape index (κ1) is 48.0. The lowest BCUT2D eigenvalue weighted by molar-refractivity contribution is -0.132. The van der Waals surface area contributed by atoms with Gasteiger partial charge in [0, 0.05) is 80.1 Å². The molecule has 69 heavy (non-hydrogen) atoms. The van der Waals surface area contributed by atoms with Crippen LogP contribution in [-0.2, 0) is 41.5 Å². The third kappa shape index (κ3) is 11.2. The Kier molecular flexibility index (Phi) is 15.7. The molecule has 4 atom stereocenters. The standard InChI is InChI=1S/C51H61N9O9/c1-57-31-38(68-27-26-67-25-24-66-23-22-65-21-18-54-42-10-5-9-41-47(42)50(64)60(49(41)63)45-13-12-37(61)29-46(45)62)28-36(57)33-69-51-55-43-32-58(44-11-4-7-34-6-2-3-8-39(34)44)19-15-40(43)48(56-51)59-20-17-53-35(30-59)14-16-52/h2-11,35-36,38,45,53-54H,12-15,17-33H2,1H3/t35-,36-,38+,45?/m0/s1. The number of Topliss-reactive ketones (excluding diaryl/α,β-unsaturated/α-hetero) is 2. The number of carbonyl (C=O) groups excluding carboxylic acids is 4. The van der Waals surface area contributed by atoms with Crippen molar-refractivity contribution in [3.63, 3.8) is 0 Å². The van der Waals surface area contributed by atoms with Crippen LogP contribution in [0.25, 0.3) is 10.8 Å². The Bertz CT molecular complexity index is 2550. The molecular weight excluding hydrogens is 883 g/mol. The first-order valence-electron chi connectivity index (χ1n) is 24.2. The number of nitriles is 1. The molecule has 4 aliphatic heterocycles. The number of benzene rings is 3. The molecule has 1 aromatic heterocycles. The van der Waals surface area contributed by atoms with Crippen LogP contribution in [0.3, 0.4) is 0 Å². The SMILES string of the molecule is CN1C[C@H](OCCOCCOCCOCCNc2cccc3c2C(=O)N(C2CCC(=O)CC2=O)C3=O)C[C@H]1COc1nc2c(c(N3CCN[C@@H](CC#N)C3)n1)CCN(c1cccc3ccccc13)C2. The molecule has 18 nitrogen and oxygen atoms in total. The summed E-state index contributed by atoms with van der Waals surface area (Å²) in [5.74, 6) is -0.675. The third-order valence-corrected chi connectivity index (χ3v) is 13.7. The molecule has 1 aliphatic carbocycles. The number of nitrogens with one attached hydrogen (secondary N) is 2. The number of aromatic nitrogens is 2. The van der Waals surface area contributed by atoms with Gasteiger partial charge in [-0.15, -0.1) is 0 Å². The van der Waals surface area contributed by atoms with Gasteiger partial charge in [-0.05, 0) is 49.9 Å². The molecule has 1 saturated carbocycles. The van der Waals surface area contributed by atoms with E-state index in [1.807, 2.05) is 0 Å². The van der Waals surface area contributed by atoms with Gasteiger partial charge < -0.3 is 44.1 Å². The lowest BCUT2D eigenvalue weighted by atomic mass is 9.92. The number of nitrogens with zero attached hydrogens (tertiary/aromatic N) is 7. The number of carbonyl (C=O) groups is 4. The highest BCUT2D eigenvalue weighted by atomic mass is 16.6. The molecule has 3 aromatic carbocycles. The highest BCUT2D eigenvalue weighted by Gasteiger charge is 2.45. The Hall–Kier alpha value is -6.07. The highest BCUT2D eigenvalue weighted by molar-refractivity contribution is 6.25. The van der Waals surface area contributed by atoms with Gasteiger partial charge in [-0.25, -0.2) is 0 Å². The van der Waals surface area contributed by atoms with Crippen molar-refractivity contribution in [1.29, 1.82) is 5.26 Å². The van der Waals surface area contributed by atoms with E-state index in [4.69, 9.17) is 33.7 Å². The summed E-state index contributed by atoms with van der Waals surface area (Å²) in [6.07, 6.45) is 2.19. The smallest absolute Gasteiger partial charge is 0.318 e. The van der Waals surface area contributed by atoms with Gasteiger partial charge in [0.1, 0.15) is 18.2 Å². The van der Waals surface area contributed by atoms with E-state index in [9.17, 15) is 24.4 Å². The number of ketones is 2. The van der Waals surface area contributed by atoms with Gasteiger partial charge in [0.15, 0.2) is 5.78 Å². The summed E-state index contributed by atoms with van der Waals surface area (Å²) in [6.45, 7) is 8.23. The number of piperazine rings is 1. The van der Waals surface area contributed by atoms with E-state index in [1.165, 1.54) is 16.5 Å². The Morgan fingerprint density at radius 1 is 0.841 bits per heavy atom. The zero-order valence-electron chi connectivity index (χ0n) is 39.2. The number of anilines is 3. The molecule has 2 saturated heterocycles. The van der Waals surface area contributed by atoms with Crippen molar-refractivity contribution in [2.24, 2.45) is 0 Å². The number of fused-ring (bicyclic) bond motifs is 3. The van der Waals surface area contributed by atoms with Crippen LogP contribution in [0, 0.1) is 11.3 Å². The molecular formula is C51H61N9O9. The maximum absolute atomic E-state index is 13.3. The van der Waals surface area contributed by atoms with Crippen molar-refractivity contribution >= 4 is 51.3 Å². The summed E-state index contributed by atoms with van der Waals surface area (Å²) in [7, 11) is 2.09. The van der Waals surface area contributed by atoms with Gasteiger partial charge in [0.2, 0.25) is 0 Å². The minimum absolute atomic E-state index is 0.0445. The molecule has 0 bridgehead atoms. The number of likely N-dealkylation sites (N-methyl/N-ethyl adjacent to an activating group) is 1. The summed E-state index contributed by atoms with van der Waals surface area (Å²) < 4.78 is 29.8. The van der Waals surface area contributed by atoms with Crippen LogP contribution in [0.15, 0.2) is 60.7 Å². The molecule has 3 fully saturated rings. The molecule has 5 heterocycles. The minimum atomic E-state index is -0.908. The number of rotatable bonds is 21. The van der Waals surface area contributed by atoms with Crippen LogP contribution in [-0.4, -0.2) is 167 Å². The van der Waals surface area contributed by atoms with Crippen molar-refractivity contribution < 1.29 is 42.9 Å². The van der Waals surface area contributed by atoms with Gasteiger partial charge in [-0.1, -0.05) is 42.5 Å². The fraction of sp³-hybridized carbons (Fsp3) is 0.510.